The van der Waals surface area contributed by atoms with Gasteiger partial charge in [0.1, 0.15) is 0 Å². The van der Waals surface area contributed by atoms with Gasteiger partial charge in [-0.2, -0.15) is 5.10 Å². The van der Waals surface area contributed by atoms with Gasteiger partial charge in [0.25, 0.3) is 0 Å². The Kier molecular flexibility index (Phi) is 2.87. The predicted octanol–water partition coefficient (Wildman–Crippen LogP) is 1.48. The van der Waals surface area contributed by atoms with Gasteiger partial charge in [-0.1, -0.05) is 13.8 Å². The lowest BCUT2D eigenvalue weighted by Gasteiger charge is -2.14. The van der Waals surface area contributed by atoms with E-state index in [0.29, 0.717) is 12.1 Å². The van der Waals surface area contributed by atoms with Crippen LogP contribution in [0.3, 0.4) is 0 Å². The summed E-state index contributed by atoms with van der Waals surface area (Å²) in [6, 6.07) is 0.902. The molecule has 0 bridgehead atoms. The highest BCUT2D eigenvalue weighted by molar-refractivity contribution is 5.08. The van der Waals surface area contributed by atoms with Gasteiger partial charge < -0.3 is 5.32 Å². The molecule has 0 amide bonds. The summed E-state index contributed by atoms with van der Waals surface area (Å²) in [5.74, 6) is 0. The number of aromatic nitrogens is 2. The zero-order valence-corrected chi connectivity index (χ0v) is 8.20. The fraction of sp³-hybridized carbons (Fsp3) is 0.667. The van der Waals surface area contributed by atoms with Gasteiger partial charge in [-0.05, 0) is 6.92 Å². The highest BCUT2D eigenvalue weighted by atomic mass is 15.2. The molecule has 3 nitrogen and oxygen atoms in total. The Morgan fingerprint density at radius 2 is 2.08 bits per heavy atom. The van der Waals surface area contributed by atoms with Crippen molar-refractivity contribution in [1.82, 2.24) is 15.1 Å². The standard InChI is InChI=1S/C9H17N3/c1-7(2)11-8(3)9-5-10-12(4)6-9/h5-8,11H,1-4H3/t8-/m0/s1. The first kappa shape index (κ1) is 9.26. The third kappa shape index (κ3) is 2.34. The molecule has 1 rings (SSSR count). The normalized spacial score (nSPS) is 13.8. The average Bonchev–Trinajstić information content (AvgIpc) is 2.34. The third-order valence-corrected chi connectivity index (χ3v) is 1.81. The van der Waals surface area contributed by atoms with Crippen molar-refractivity contribution < 1.29 is 0 Å². The molecular formula is C9H17N3. The Bertz CT molecular complexity index is 240. The highest BCUT2D eigenvalue weighted by Crippen LogP contribution is 2.10. The van der Waals surface area contributed by atoms with Gasteiger partial charge in [-0.15, -0.1) is 0 Å². The van der Waals surface area contributed by atoms with E-state index in [0.717, 1.165) is 0 Å². The molecule has 68 valence electrons. The smallest absolute Gasteiger partial charge is 0.0537 e. The van der Waals surface area contributed by atoms with Gasteiger partial charge in [-0.3, -0.25) is 4.68 Å². The Morgan fingerprint density at radius 3 is 2.50 bits per heavy atom. The zero-order valence-electron chi connectivity index (χ0n) is 8.20. The molecule has 12 heavy (non-hydrogen) atoms. The van der Waals surface area contributed by atoms with E-state index in [9.17, 15) is 0 Å². The molecule has 0 unspecified atom stereocenters. The van der Waals surface area contributed by atoms with Crippen LogP contribution in [0.1, 0.15) is 32.4 Å². The van der Waals surface area contributed by atoms with E-state index >= 15 is 0 Å². The minimum Gasteiger partial charge on any atom is -0.308 e. The second-order valence-corrected chi connectivity index (χ2v) is 3.49. The molecular weight excluding hydrogens is 150 g/mol. The summed E-state index contributed by atoms with van der Waals surface area (Å²) in [7, 11) is 1.94. The van der Waals surface area contributed by atoms with Crippen LogP contribution in [0, 0.1) is 0 Å². The van der Waals surface area contributed by atoms with Crippen LogP contribution in [0.4, 0.5) is 0 Å². The maximum Gasteiger partial charge on any atom is 0.0537 e. The number of hydrogen-bond donors (Lipinski definition) is 1. The van der Waals surface area contributed by atoms with Crippen LogP contribution in [-0.4, -0.2) is 15.8 Å². The van der Waals surface area contributed by atoms with Crippen molar-refractivity contribution in [3.8, 4) is 0 Å². The molecule has 0 spiro atoms. The largest absolute Gasteiger partial charge is 0.308 e. The van der Waals surface area contributed by atoms with E-state index in [1.54, 1.807) is 0 Å². The van der Waals surface area contributed by atoms with Gasteiger partial charge >= 0.3 is 0 Å². The van der Waals surface area contributed by atoms with E-state index in [2.05, 4.69) is 31.2 Å². The van der Waals surface area contributed by atoms with Crippen molar-refractivity contribution >= 4 is 0 Å². The van der Waals surface area contributed by atoms with Gasteiger partial charge in [-0.25, -0.2) is 0 Å². The molecule has 0 saturated heterocycles. The van der Waals surface area contributed by atoms with Crippen LogP contribution in [0.15, 0.2) is 12.4 Å². The third-order valence-electron chi connectivity index (χ3n) is 1.81. The Hall–Kier alpha value is -0.830. The molecule has 1 aromatic heterocycles. The summed E-state index contributed by atoms with van der Waals surface area (Å²) < 4.78 is 1.83. The summed E-state index contributed by atoms with van der Waals surface area (Å²) in [5.41, 5.74) is 1.24. The first-order valence-electron chi connectivity index (χ1n) is 4.34. The average molecular weight is 167 g/mol. The Morgan fingerprint density at radius 1 is 1.42 bits per heavy atom. The lowest BCUT2D eigenvalue weighted by molar-refractivity contribution is 0.506. The van der Waals surface area contributed by atoms with Crippen LogP contribution in [0.5, 0.6) is 0 Å². The molecule has 1 heterocycles. The lowest BCUT2D eigenvalue weighted by atomic mass is 10.2. The second-order valence-electron chi connectivity index (χ2n) is 3.49. The van der Waals surface area contributed by atoms with Crippen LogP contribution >= 0.6 is 0 Å². The number of hydrogen-bond acceptors (Lipinski definition) is 2. The maximum absolute atomic E-state index is 4.12. The minimum atomic E-state index is 0.388. The van der Waals surface area contributed by atoms with Gasteiger partial charge in [0, 0.05) is 30.9 Å². The van der Waals surface area contributed by atoms with Crippen molar-refractivity contribution in [1.29, 1.82) is 0 Å². The van der Waals surface area contributed by atoms with Gasteiger partial charge in [0.05, 0.1) is 6.20 Å². The fourth-order valence-electron chi connectivity index (χ4n) is 1.26. The Labute approximate surface area is 73.8 Å². The van der Waals surface area contributed by atoms with E-state index in [-0.39, 0.29) is 0 Å². The van der Waals surface area contributed by atoms with Crippen molar-refractivity contribution in [3.05, 3.63) is 18.0 Å². The molecule has 0 aliphatic carbocycles. The molecule has 1 aromatic rings. The first-order chi connectivity index (χ1) is 5.59. The molecule has 0 saturated carbocycles. The Balaban J connectivity index is 2.58. The summed E-state index contributed by atoms with van der Waals surface area (Å²) in [5, 5.41) is 7.54. The summed E-state index contributed by atoms with van der Waals surface area (Å²) in [4.78, 5) is 0. The van der Waals surface area contributed by atoms with Crippen LogP contribution in [0.25, 0.3) is 0 Å². The maximum atomic E-state index is 4.12. The second kappa shape index (κ2) is 3.72. The molecule has 3 heteroatoms. The number of nitrogens with one attached hydrogen (secondary N) is 1. The summed E-state index contributed by atoms with van der Waals surface area (Å²) in [6.45, 7) is 6.44. The van der Waals surface area contributed by atoms with Crippen molar-refractivity contribution in [2.24, 2.45) is 7.05 Å². The van der Waals surface area contributed by atoms with E-state index in [4.69, 9.17) is 0 Å². The highest BCUT2D eigenvalue weighted by Gasteiger charge is 2.07. The van der Waals surface area contributed by atoms with Crippen LogP contribution in [-0.2, 0) is 7.05 Å². The predicted molar refractivity (Wildman–Crippen MR) is 49.9 cm³/mol. The number of nitrogens with zero attached hydrogens (tertiary/aromatic N) is 2. The monoisotopic (exact) mass is 167 g/mol. The van der Waals surface area contributed by atoms with E-state index in [1.807, 2.05) is 24.1 Å². The molecule has 0 aliphatic rings. The molecule has 0 radical (unpaired) electrons. The van der Waals surface area contributed by atoms with Crippen LogP contribution in [0.2, 0.25) is 0 Å². The van der Waals surface area contributed by atoms with E-state index in [1.165, 1.54) is 5.56 Å². The molecule has 0 fully saturated rings. The molecule has 0 aliphatic heterocycles. The molecule has 1 N–H and O–H groups in total. The molecule has 0 aromatic carbocycles. The number of rotatable bonds is 3. The lowest BCUT2D eigenvalue weighted by Crippen LogP contribution is -2.25. The quantitative estimate of drug-likeness (QED) is 0.739. The fourth-order valence-corrected chi connectivity index (χ4v) is 1.26. The van der Waals surface area contributed by atoms with Gasteiger partial charge in [0.15, 0.2) is 0 Å². The minimum absolute atomic E-state index is 0.388. The molecule has 1 atom stereocenters. The first-order valence-corrected chi connectivity index (χ1v) is 4.34. The summed E-state index contributed by atoms with van der Waals surface area (Å²) in [6.07, 6.45) is 3.94. The zero-order chi connectivity index (χ0) is 9.14. The van der Waals surface area contributed by atoms with E-state index < -0.39 is 0 Å². The van der Waals surface area contributed by atoms with Crippen LogP contribution < -0.4 is 5.32 Å². The topological polar surface area (TPSA) is 29.9 Å². The summed E-state index contributed by atoms with van der Waals surface area (Å²) >= 11 is 0. The van der Waals surface area contributed by atoms with Crippen molar-refractivity contribution in [2.45, 2.75) is 32.9 Å². The number of aryl methyl sites for hydroxylation is 1. The van der Waals surface area contributed by atoms with Gasteiger partial charge in [0.2, 0.25) is 0 Å². The van der Waals surface area contributed by atoms with Crippen molar-refractivity contribution in [3.63, 3.8) is 0 Å². The van der Waals surface area contributed by atoms with Crippen molar-refractivity contribution in [2.75, 3.05) is 0 Å². The SMILES string of the molecule is CC(C)N[C@@H](C)c1cnn(C)c1.